The van der Waals surface area contributed by atoms with Gasteiger partial charge in [-0.3, -0.25) is 4.79 Å². The molecule has 0 spiro atoms. The number of nitrogens with two attached hydrogens (primary N) is 1. The molecule has 0 atom stereocenters. The molecule has 1 aromatic carbocycles. The summed E-state index contributed by atoms with van der Waals surface area (Å²) < 4.78 is 0. The molecule has 1 heterocycles. The van der Waals surface area contributed by atoms with Crippen LogP contribution in [0.1, 0.15) is 36.3 Å². The van der Waals surface area contributed by atoms with Crippen molar-refractivity contribution in [1.82, 2.24) is 9.97 Å². The summed E-state index contributed by atoms with van der Waals surface area (Å²) in [6.45, 7) is 0.508. The fourth-order valence-electron chi connectivity index (χ4n) is 2.96. The van der Waals surface area contributed by atoms with Crippen LogP contribution in [-0.4, -0.2) is 16.5 Å². The predicted octanol–water partition coefficient (Wildman–Crippen LogP) is 1.74. The summed E-state index contributed by atoms with van der Waals surface area (Å²) in [4.78, 5) is 19.5. The molecular formula is C16H19N3O. The second-order valence-corrected chi connectivity index (χ2v) is 5.43. The maximum Gasteiger partial charge on any atom is 0.251 e. The monoisotopic (exact) mass is 269 g/mol. The molecular weight excluding hydrogens is 250 g/mol. The maximum atomic E-state index is 11.9. The largest absolute Gasteiger partial charge is 0.330 e. The molecule has 1 fully saturated rings. The molecule has 0 unspecified atom stereocenters. The lowest BCUT2D eigenvalue weighted by Crippen LogP contribution is -2.39. The summed E-state index contributed by atoms with van der Waals surface area (Å²) in [5.74, 6) is 0.797. The minimum atomic E-state index is -0.120. The summed E-state index contributed by atoms with van der Waals surface area (Å²) in [5, 5.41) is 0. The van der Waals surface area contributed by atoms with Crippen LogP contribution in [-0.2, 0) is 11.8 Å². The highest BCUT2D eigenvalue weighted by atomic mass is 16.1. The number of aromatic amines is 1. The number of nitrogens with one attached hydrogen (secondary N) is 1. The lowest BCUT2D eigenvalue weighted by molar-refractivity contribution is 0.283. The number of hydrogen-bond donors (Lipinski definition) is 2. The van der Waals surface area contributed by atoms with E-state index in [9.17, 15) is 4.79 Å². The molecule has 0 aliphatic heterocycles. The van der Waals surface area contributed by atoms with E-state index in [4.69, 9.17) is 5.73 Å². The van der Waals surface area contributed by atoms with Gasteiger partial charge >= 0.3 is 0 Å². The topological polar surface area (TPSA) is 71.8 Å². The quantitative estimate of drug-likeness (QED) is 0.888. The van der Waals surface area contributed by atoms with Crippen LogP contribution >= 0.6 is 0 Å². The van der Waals surface area contributed by atoms with Crippen molar-refractivity contribution in [2.45, 2.75) is 31.1 Å². The van der Waals surface area contributed by atoms with Gasteiger partial charge in [0.05, 0.1) is 5.41 Å². The van der Waals surface area contributed by atoms with E-state index < -0.39 is 0 Å². The first-order valence-corrected chi connectivity index (χ1v) is 7.11. The number of nitrogens with zero attached hydrogens (tertiary/aromatic N) is 1. The molecule has 3 N–H and O–H groups in total. The molecule has 1 aliphatic rings. The Kier molecular flexibility index (Phi) is 3.40. The van der Waals surface area contributed by atoms with Crippen LogP contribution in [0, 0.1) is 0 Å². The minimum absolute atomic E-state index is 0.0827. The first kappa shape index (κ1) is 13.1. The summed E-state index contributed by atoms with van der Waals surface area (Å²) in [7, 11) is 0. The lowest BCUT2D eigenvalue weighted by Gasteiger charge is -2.41. The minimum Gasteiger partial charge on any atom is -0.330 e. The Balaban J connectivity index is 2.08. The molecule has 1 aliphatic carbocycles. The number of hydrogen-bond acceptors (Lipinski definition) is 3. The fourth-order valence-corrected chi connectivity index (χ4v) is 2.96. The highest BCUT2D eigenvalue weighted by molar-refractivity contribution is 5.35. The van der Waals surface area contributed by atoms with Gasteiger partial charge in [0.25, 0.3) is 5.56 Å². The summed E-state index contributed by atoms with van der Waals surface area (Å²) >= 11 is 0. The molecule has 104 valence electrons. The summed E-state index contributed by atoms with van der Waals surface area (Å²) in [6.07, 6.45) is 3.87. The van der Waals surface area contributed by atoms with E-state index in [-0.39, 0.29) is 11.0 Å². The van der Waals surface area contributed by atoms with Crippen molar-refractivity contribution in [3.63, 3.8) is 0 Å². The van der Waals surface area contributed by atoms with Crippen molar-refractivity contribution in [1.29, 1.82) is 0 Å². The second kappa shape index (κ2) is 5.21. The Morgan fingerprint density at radius 3 is 2.60 bits per heavy atom. The van der Waals surface area contributed by atoms with Crippen LogP contribution < -0.4 is 11.3 Å². The molecule has 1 saturated carbocycles. The van der Waals surface area contributed by atoms with Gasteiger partial charge < -0.3 is 10.7 Å². The van der Waals surface area contributed by atoms with Crippen LogP contribution in [0.4, 0.5) is 0 Å². The molecule has 4 nitrogen and oxygen atoms in total. The smallest absolute Gasteiger partial charge is 0.251 e. The zero-order valence-corrected chi connectivity index (χ0v) is 11.4. The Labute approximate surface area is 118 Å². The van der Waals surface area contributed by atoms with Gasteiger partial charge in [0.15, 0.2) is 0 Å². The van der Waals surface area contributed by atoms with Crippen LogP contribution in [0.3, 0.4) is 0 Å². The molecule has 0 saturated heterocycles. The highest BCUT2D eigenvalue weighted by Crippen LogP contribution is 2.47. The van der Waals surface area contributed by atoms with E-state index in [1.165, 1.54) is 12.0 Å². The second-order valence-electron chi connectivity index (χ2n) is 5.43. The van der Waals surface area contributed by atoms with E-state index in [1.807, 2.05) is 18.2 Å². The van der Waals surface area contributed by atoms with E-state index in [2.05, 4.69) is 22.1 Å². The van der Waals surface area contributed by atoms with Gasteiger partial charge in [-0.2, -0.15) is 0 Å². The molecule has 0 amide bonds. The number of aromatic nitrogens is 2. The molecule has 3 rings (SSSR count). The third-order valence-electron chi connectivity index (χ3n) is 4.18. The molecule has 0 radical (unpaired) electrons. The Morgan fingerprint density at radius 1 is 1.25 bits per heavy atom. The highest BCUT2D eigenvalue weighted by Gasteiger charge is 2.42. The van der Waals surface area contributed by atoms with Crippen molar-refractivity contribution in [2.24, 2.45) is 5.73 Å². The number of rotatable bonds is 4. The van der Waals surface area contributed by atoms with Crippen molar-refractivity contribution in [2.75, 3.05) is 6.54 Å². The third kappa shape index (κ3) is 2.16. The van der Waals surface area contributed by atoms with Crippen molar-refractivity contribution in [3.8, 4) is 0 Å². The van der Waals surface area contributed by atoms with Crippen LogP contribution in [0.25, 0.3) is 0 Å². The van der Waals surface area contributed by atoms with E-state index >= 15 is 0 Å². The van der Waals surface area contributed by atoms with E-state index in [0.29, 0.717) is 13.0 Å². The molecule has 1 aromatic heterocycles. The van der Waals surface area contributed by atoms with Crippen molar-refractivity contribution in [3.05, 3.63) is 63.8 Å². The normalized spacial score (nSPS) is 16.6. The van der Waals surface area contributed by atoms with Crippen molar-refractivity contribution < 1.29 is 0 Å². The molecule has 0 bridgehead atoms. The zero-order chi connectivity index (χ0) is 14.0. The zero-order valence-electron chi connectivity index (χ0n) is 11.4. The lowest BCUT2D eigenvalue weighted by atomic mass is 9.64. The Hall–Kier alpha value is -1.94. The fraction of sp³-hybridized carbons (Fsp3) is 0.375. The molecule has 2 aromatic rings. The standard InChI is InChI=1S/C16H19N3O/c17-10-7-13-11-14(20)19-15(18-13)16(8-4-9-16)12-5-2-1-3-6-12/h1-3,5-6,11H,4,7-10,17H2,(H,18,19,20). The molecule has 20 heavy (non-hydrogen) atoms. The van der Waals surface area contributed by atoms with Gasteiger partial charge in [0.2, 0.25) is 0 Å². The van der Waals surface area contributed by atoms with Gasteiger partial charge in [-0.1, -0.05) is 36.8 Å². The maximum absolute atomic E-state index is 11.9. The van der Waals surface area contributed by atoms with E-state index in [1.54, 1.807) is 6.07 Å². The SMILES string of the molecule is NCCc1cc(=O)[nH]c(C2(c3ccccc3)CCC2)n1. The third-order valence-corrected chi connectivity index (χ3v) is 4.18. The molecule has 4 heteroatoms. The van der Waals surface area contributed by atoms with Gasteiger partial charge in [-0.05, 0) is 24.9 Å². The first-order valence-electron chi connectivity index (χ1n) is 7.11. The van der Waals surface area contributed by atoms with Crippen LogP contribution in [0.5, 0.6) is 0 Å². The van der Waals surface area contributed by atoms with Gasteiger partial charge in [0.1, 0.15) is 5.82 Å². The average Bonchev–Trinajstić information content (AvgIpc) is 2.38. The summed E-state index contributed by atoms with van der Waals surface area (Å²) in [5.41, 5.74) is 7.39. The Morgan fingerprint density at radius 2 is 2.00 bits per heavy atom. The van der Waals surface area contributed by atoms with Gasteiger partial charge in [-0.15, -0.1) is 0 Å². The summed E-state index contributed by atoms with van der Waals surface area (Å²) in [6, 6.07) is 11.9. The number of H-pyrrole nitrogens is 1. The number of benzene rings is 1. The Bertz CT molecular complexity index is 644. The van der Waals surface area contributed by atoms with Crippen molar-refractivity contribution >= 4 is 0 Å². The van der Waals surface area contributed by atoms with E-state index in [0.717, 1.165) is 24.4 Å². The predicted molar refractivity (Wildman–Crippen MR) is 78.7 cm³/mol. The first-order chi connectivity index (χ1) is 9.74. The average molecular weight is 269 g/mol. The van der Waals surface area contributed by atoms with Gasteiger partial charge in [0, 0.05) is 18.2 Å². The van der Waals surface area contributed by atoms with Crippen LogP contribution in [0.2, 0.25) is 0 Å². The van der Waals surface area contributed by atoms with Gasteiger partial charge in [-0.25, -0.2) is 4.98 Å². The van der Waals surface area contributed by atoms with Crippen LogP contribution in [0.15, 0.2) is 41.2 Å².